The fraction of sp³-hybridized carbons (Fsp3) is 0.440. The first-order chi connectivity index (χ1) is 15.9. The minimum Gasteiger partial charge on any atom is -0.466 e. The molecule has 0 radical (unpaired) electrons. The monoisotopic (exact) mass is 452 g/mol. The highest BCUT2D eigenvalue weighted by molar-refractivity contribution is 5.99. The molecule has 0 aliphatic carbocycles. The summed E-state index contributed by atoms with van der Waals surface area (Å²) in [5.41, 5.74) is 3.77. The molecule has 0 spiro atoms. The Morgan fingerprint density at radius 2 is 1.88 bits per heavy atom. The number of aryl methyl sites for hydroxylation is 2. The average Bonchev–Trinajstić information content (AvgIpc) is 3.22. The zero-order chi connectivity index (χ0) is 23.5. The summed E-state index contributed by atoms with van der Waals surface area (Å²) >= 11 is 0. The van der Waals surface area contributed by atoms with E-state index in [4.69, 9.17) is 4.74 Å². The molecule has 0 bridgehead atoms. The fourth-order valence-corrected chi connectivity index (χ4v) is 4.76. The normalized spacial score (nSPS) is 15.6. The molecule has 33 heavy (non-hydrogen) atoms. The smallest absolute Gasteiger partial charge is 0.306 e. The maximum atomic E-state index is 13.5. The zero-order valence-electron chi connectivity index (χ0n) is 19.3. The predicted molar refractivity (Wildman–Crippen MR) is 121 cm³/mol. The van der Waals surface area contributed by atoms with E-state index in [9.17, 15) is 14.0 Å². The van der Waals surface area contributed by atoms with Crippen molar-refractivity contribution < 1.29 is 18.7 Å². The van der Waals surface area contributed by atoms with Crippen LogP contribution in [0.3, 0.4) is 0 Å². The molecule has 1 fully saturated rings. The van der Waals surface area contributed by atoms with E-state index in [1.807, 2.05) is 24.8 Å². The third-order valence-corrected chi connectivity index (χ3v) is 6.39. The van der Waals surface area contributed by atoms with Crippen LogP contribution in [0.1, 0.15) is 59.4 Å². The lowest BCUT2D eigenvalue weighted by atomic mass is 9.78. The summed E-state index contributed by atoms with van der Waals surface area (Å²) in [6, 6.07) is 8.26. The van der Waals surface area contributed by atoms with E-state index in [0.29, 0.717) is 30.9 Å². The number of esters is 1. The molecule has 4 rings (SSSR count). The van der Waals surface area contributed by atoms with Gasteiger partial charge >= 0.3 is 5.97 Å². The van der Waals surface area contributed by atoms with Gasteiger partial charge in [-0.3, -0.25) is 9.59 Å². The highest BCUT2D eigenvalue weighted by atomic mass is 19.1. The van der Waals surface area contributed by atoms with E-state index in [2.05, 4.69) is 10.1 Å². The molecule has 1 aliphatic heterocycles. The minimum atomic E-state index is -0.304. The van der Waals surface area contributed by atoms with E-state index < -0.39 is 0 Å². The summed E-state index contributed by atoms with van der Waals surface area (Å²) in [6.07, 6.45) is 3.33. The number of benzene rings is 1. The molecule has 7 nitrogen and oxygen atoms in total. The minimum absolute atomic E-state index is 0.0779. The second-order valence-corrected chi connectivity index (χ2v) is 8.63. The van der Waals surface area contributed by atoms with Crippen LogP contribution in [0.25, 0.3) is 5.65 Å². The van der Waals surface area contributed by atoms with Gasteiger partial charge in [0.15, 0.2) is 5.65 Å². The first-order valence-electron chi connectivity index (χ1n) is 11.4. The van der Waals surface area contributed by atoms with Gasteiger partial charge in [0, 0.05) is 24.5 Å². The number of fused-ring (bicyclic) bond motifs is 1. The molecular formula is C25H29FN4O3. The quantitative estimate of drug-likeness (QED) is 0.527. The van der Waals surface area contributed by atoms with E-state index in [-0.39, 0.29) is 36.0 Å². The van der Waals surface area contributed by atoms with Crippen molar-refractivity contribution in [1.82, 2.24) is 19.5 Å². The predicted octanol–water partition coefficient (Wildman–Crippen LogP) is 4.07. The van der Waals surface area contributed by atoms with E-state index >= 15 is 0 Å². The second kappa shape index (κ2) is 9.68. The number of likely N-dealkylation sites (tertiary alicyclic amines) is 1. The number of rotatable bonds is 6. The number of nitrogens with zero attached hydrogens (tertiary/aromatic N) is 4. The van der Waals surface area contributed by atoms with E-state index in [1.165, 1.54) is 12.1 Å². The van der Waals surface area contributed by atoms with Crippen LogP contribution in [-0.4, -0.2) is 51.1 Å². The summed E-state index contributed by atoms with van der Waals surface area (Å²) in [6.45, 7) is 7.10. The van der Waals surface area contributed by atoms with Gasteiger partial charge in [-0.1, -0.05) is 12.1 Å². The molecule has 8 heteroatoms. The lowest BCUT2D eigenvalue weighted by Crippen LogP contribution is -2.40. The molecule has 3 aromatic rings. The summed E-state index contributed by atoms with van der Waals surface area (Å²) in [7, 11) is 0. The average molecular weight is 453 g/mol. The summed E-state index contributed by atoms with van der Waals surface area (Å²) in [4.78, 5) is 31.9. The van der Waals surface area contributed by atoms with Gasteiger partial charge in [-0.2, -0.15) is 5.10 Å². The fourth-order valence-electron chi connectivity index (χ4n) is 4.76. The topological polar surface area (TPSA) is 76.8 Å². The van der Waals surface area contributed by atoms with Crippen LogP contribution in [0.5, 0.6) is 0 Å². The number of hydrogen-bond donors (Lipinski definition) is 0. The van der Waals surface area contributed by atoms with Crippen molar-refractivity contribution in [2.75, 3.05) is 19.7 Å². The first kappa shape index (κ1) is 22.9. The van der Waals surface area contributed by atoms with Gasteiger partial charge in [0.25, 0.3) is 5.91 Å². The molecule has 0 saturated carbocycles. The molecule has 3 heterocycles. The van der Waals surface area contributed by atoms with Crippen LogP contribution in [-0.2, 0) is 9.53 Å². The Balaban J connectivity index is 1.49. The van der Waals surface area contributed by atoms with Gasteiger partial charge in [0.2, 0.25) is 0 Å². The van der Waals surface area contributed by atoms with Crippen LogP contribution in [0.2, 0.25) is 0 Å². The van der Waals surface area contributed by atoms with E-state index in [1.54, 1.807) is 29.8 Å². The van der Waals surface area contributed by atoms with Gasteiger partial charge < -0.3 is 9.64 Å². The standard InChI is InChI=1S/C25H29FN4O3/c1-4-33-23(31)14-21(18-5-7-20(26)8-6-18)19-9-11-29(12-10-19)25(32)22-15-27-30-17(3)13-16(2)28-24(22)30/h5-8,13,15,19,21H,4,9-12,14H2,1-3H3/t21-/m0/s1. The highest BCUT2D eigenvalue weighted by Gasteiger charge is 2.32. The number of carbonyl (C=O) groups is 2. The van der Waals surface area contributed by atoms with Crippen LogP contribution in [0, 0.1) is 25.6 Å². The summed E-state index contributed by atoms with van der Waals surface area (Å²) < 4.78 is 20.3. The van der Waals surface area contributed by atoms with Crippen molar-refractivity contribution in [3.63, 3.8) is 0 Å². The molecule has 0 unspecified atom stereocenters. The lowest BCUT2D eigenvalue weighted by molar-refractivity contribution is -0.144. The molecule has 1 atom stereocenters. The molecule has 1 amide bonds. The SMILES string of the molecule is CCOC(=O)C[C@@H](c1ccc(F)cc1)C1CCN(C(=O)c2cnn3c(C)cc(C)nc23)CC1. The Morgan fingerprint density at radius 1 is 1.18 bits per heavy atom. The Morgan fingerprint density at radius 3 is 2.55 bits per heavy atom. The maximum absolute atomic E-state index is 13.5. The third-order valence-electron chi connectivity index (χ3n) is 6.39. The van der Waals surface area contributed by atoms with Crippen molar-refractivity contribution in [3.05, 3.63) is 64.9 Å². The summed E-state index contributed by atoms with van der Waals surface area (Å²) in [5.74, 6) is -0.527. The maximum Gasteiger partial charge on any atom is 0.306 e. The van der Waals surface area contributed by atoms with Crippen LogP contribution in [0.4, 0.5) is 4.39 Å². The molecular weight excluding hydrogens is 423 g/mol. The number of carbonyl (C=O) groups excluding carboxylic acids is 2. The van der Waals surface area contributed by atoms with Gasteiger partial charge in [0.05, 0.1) is 19.2 Å². The van der Waals surface area contributed by atoms with Crippen LogP contribution < -0.4 is 0 Å². The molecule has 0 N–H and O–H groups in total. The van der Waals surface area contributed by atoms with Gasteiger partial charge in [0.1, 0.15) is 11.4 Å². The van der Waals surface area contributed by atoms with Crippen molar-refractivity contribution in [1.29, 1.82) is 0 Å². The number of aromatic nitrogens is 3. The number of ether oxygens (including phenoxy) is 1. The molecule has 1 aromatic carbocycles. The Labute approximate surface area is 192 Å². The van der Waals surface area contributed by atoms with Gasteiger partial charge in [-0.05, 0) is 69.2 Å². The highest BCUT2D eigenvalue weighted by Crippen LogP contribution is 2.36. The molecule has 1 saturated heterocycles. The number of halogens is 1. The number of amides is 1. The Hall–Kier alpha value is -3.29. The van der Waals surface area contributed by atoms with Crippen LogP contribution in [0.15, 0.2) is 36.5 Å². The van der Waals surface area contributed by atoms with Crippen molar-refractivity contribution >= 4 is 17.5 Å². The summed E-state index contributed by atoms with van der Waals surface area (Å²) in [5, 5.41) is 4.34. The third kappa shape index (κ3) is 4.89. The first-order valence-corrected chi connectivity index (χ1v) is 11.4. The Bertz CT molecular complexity index is 1150. The van der Waals surface area contributed by atoms with Crippen molar-refractivity contribution in [2.45, 2.75) is 46.0 Å². The second-order valence-electron chi connectivity index (χ2n) is 8.63. The number of hydrogen-bond acceptors (Lipinski definition) is 5. The zero-order valence-corrected chi connectivity index (χ0v) is 19.3. The van der Waals surface area contributed by atoms with Crippen molar-refractivity contribution in [3.8, 4) is 0 Å². The largest absolute Gasteiger partial charge is 0.466 e. The number of piperidine rings is 1. The van der Waals surface area contributed by atoms with Gasteiger partial charge in [-0.15, -0.1) is 0 Å². The molecule has 174 valence electrons. The van der Waals surface area contributed by atoms with Crippen molar-refractivity contribution in [2.24, 2.45) is 5.92 Å². The van der Waals surface area contributed by atoms with Gasteiger partial charge in [-0.25, -0.2) is 13.9 Å². The van der Waals surface area contributed by atoms with Crippen LogP contribution >= 0.6 is 0 Å². The molecule has 1 aliphatic rings. The van der Waals surface area contributed by atoms with E-state index in [0.717, 1.165) is 29.8 Å². The molecule has 2 aromatic heterocycles. The lowest BCUT2D eigenvalue weighted by Gasteiger charge is -2.36. The Kier molecular flexibility index (Phi) is 6.72.